The molecule has 7 nitrogen and oxygen atoms in total. The molecule has 0 atom stereocenters. The molecule has 1 aromatic heterocycles. The summed E-state index contributed by atoms with van der Waals surface area (Å²) in [7, 11) is 0. The number of hydrogen-bond donors (Lipinski definition) is 2. The van der Waals surface area contributed by atoms with E-state index in [1.807, 2.05) is 13.8 Å². The lowest BCUT2D eigenvalue weighted by Gasteiger charge is -2.29. The first kappa shape index (κ1) is 22.5. The third-order valence-electron chi connectivity index (χ3n) is 3.41. The van der Waals surface area contributed by atoms with Gasteiger partial charge in [0.05, 0.1) is 6.54 Å². The number of carbonyl (C=O) groups is 2. The summed E-state index contributed by atoms with van der Waals surface area (Å²) in [6.45, 7) is 8.97. The van der Waals surface area contributed by atoms with Crippen molar-refractivity contribution < 1.29 is 27.6 Å². The Bertz CT molecular complexity index is 663. The van der Waals surface area contributed by atoms with E-state index in [0.29, 0.717) is 12.6 Å². The topological polar surface area (TPSA) is 83.6 Å². The molecule has 0 aliphatic heterocycles. The summed E-state index contributed by atoms with van der Waals surface area (Å²) in [4.78, 5) is 33.1. The number of pyridine rings is 1. The smallest absolute Gasteiger partial charge is 0.375 e. The van der Waals surface area contributed by atoms with Crippen LogP contribution in [0.3, 0.4) is 0 Å². The molecule has 0 aromatic carbocycles. The van der Waals surface area contributed by atoms with Crippen LogP contribution in [0.15, 0.2) is 18.3 Å². The lowest BCUT2D eigenvalue weighted by atomic mass is 10.0. The molecule has 1 aromatic rings. The molecule has 0 unspecified atom stereocenters. The second kappa shape index (κ2) is 8.92. The lowest BCUT2D eigenvalue weighted by molar-refractivity contribution is -0.141. The van der Waals surface area contributed by atoms with Crippen molar-refractivity contribution in [3.8, 4) is 5.75 Å². The van der Waals surface area contributed by atoms with Gasteiger partial charge in [0.1, 0.15) is 11.2 Å². The molecule has 27 heavy (non-hydrogen) atoms. The minimum atomic E-state index is -4.63. The van der Waals surface area contributed by atoms with Crippen LogP contribution in [-0.2, 0) is 11.0 Å². The third-order valence-corrected chi connectivity index (χ3v) is 3.41. The van der Waals surface area contributed by atoms with Gasteiger partial charge in [0, 0.05) is 24.9 Å². The van der Waals surface area contributed by atoms with E-state index in [1.165, 1.54) is 19.9 Å². The van der Waals surface area contributed by atoms with Crippen molar-refractivity contribution in [3.05, 3.63) is 24.0 Å². The predicted octanol–water partition coefficient (Wildman–Crippen LogP) is 2.98. The Labute approximate surface area is 156 Å². The van der Waals surface area contributed by atoms with Crippen molar-refractivity contribution in [2.75, 3.05) is 13.1 Å². The van der Waals surface area contributed by atoms with Gasteiger partial charge in [0.15, 0.2) is 5.75 Å². The Morgan fingerprint density at radius 2 is 1.93 bits per heavy atom. The Hall–Kier alpha value is -2.52. The zero-order chi connectivity index (χ0) is 20.8. The number of carbonyl (C=O) groups excluding carboxylic acids is 2. The number of alkyl halides is 3. The van der Waals surface area contributed by atoms with Gasteiger partial charge in [-0.05, 0) is 26.7 Å². The molecule has 3 amide bonds. The van der Waals surface area contributed by atoms with Crippen LogP contribution in [0.1, 0.15) is 40.3 Å². The first-order chi connectivity index (χ1) is 12.4. The van der Waals surface area contributed by atoms with Gasteiger partial charge in [-0.25, -0.2) is 4.79 Å². The predicted molar refractivity (Wildman–Crippen MR) is 92.7 cm³/mol. The summed E-state index contributed by atoms with van der Waals surface area (Å²) in [6, 6.07) is 1.13. The van der Waals surface area contributed by atoms with Gasteiger partial charge >= 0.3 is 12.2 Å². The number of urea groups is 1. The van der Waals surface area contributed by atoms with Crippen molar-refractivity contribution in [3.63, 3.8) is 0 Å². The summed E-state index contributed by atoms with van der Waals surface area (Å²) in [5, 5.41) is 6.05. The molecule has 0 bridgehead atoms. The fraction of sp³-hybridized carbons (Fsp3) is 0.588. The zero-order valence-electron chi connectivity index (χ0n) is 16.0. The van der Waals surface area contributed by atoms with E-state index in [9.17, 15) is 22.8 Å². The average Bonchev–Trinajstić information content (AvgIpc) is 2.56. The standard InChI is InChI=1S/C17H25F3N4O3/c1-6-24(27-12-7-8-21-13(9-12)17(18,19)20)15(26)23-16(4,5)14(25)22-10-11(2)3/h7-9,11H,6,10H2,1-5H3,(H,22,25)(H,23,26). The molecule has 0 fully saturated rings. The molecule has 0 radical (unpaired) electrons. The molecule has 0 saturated carbocycles. The summed E-state index contributed by atoms with van der Waals surface area (Å²) >= 11 is 0. The fourth-order valence-electron chi connectivity index (χ4n) is 1.90. The average molecular weight is 390 g/mol. The molecule has 10 heteroatoms. The third kappa shape index (κ3) is 6.95. The second-order valence-electron chi connectivity index (χ2n) is 6.82. The summed E-state index contributed by atoms with van der Waals surface area (Å²) in [6.07, 6.45) is -3.69. The van der Waals surface area contributed by atoms with Crippen LogP contribution in [0.2, 0.25) is 0 Å². The van der Waals surface area contributed by atoms with E-state index < -0.39 is 23.4 Å². The molecule has 0 aliphatic carbocycles. The highest BCUT2D eigenvalue weighted by Gasteiger charge is 2.34. The van der Waals surface area contributed by atoms with Crippen LogP contribution in [-0.4, -0.2) is 40.6 Å². The molecule has 0 spiro atoms. The highest BCUT2D eigenvalue weighted by atomic mass is 19.4. The van der Waals surface area contributed by atoms with Crippen LogP contribution < -0.4 is 15.5 Å². The highest BCUT2D eigenvalue weighted by Crippen LogP contribution is 2.29. The molecule has 0 aliphatic rings. The van der Waals surface area contributed by atoms with Crippen molar-refractivity contribution in [2.45, 2.75) is 46.3 Å². The Morgan fingerprint density at radius 1 is 1.30 bits per heavy atom. The maximum Gasteiger partial charge on any atom is 0.433 e. The van der Waals surface area contributed by atoms with Crippen LogP contribution in [0, 0.1) is 5.92 Å². The number of aromatic nitrogens is 1. The van der Waals surface area contributed by atoms with Crippen molar-refractivity contribution >= 4 is 11.9 Å². The normalized spacial score (nSPS) is 11.9. The number of nitrogens with one attached hydrogen (secondary N) is 2. The van der Waals surface area contributed by atoms with Crippen molar-refractivity contribution in [2.24, 2.45) is 5.92 Å². The van der Waals surface area contributed by atoms with Gasteiger partial charge < -0.3 is 15.5 Å². The van der Waals surface area contributed by atoms with E-state index in [4.69, 9.17) is 4.84 Å². The summed E-state index contributed by atoms with van der Waals surface area (Å²) in [5.41, 5.74) is -2.37. The molecule has 152 valence electrons. The number of rotatable bonds is 7. The number of halogens is 3. The fourth-order valence-corrected chi connectivity index (χ4v) is 1.90. The second-order valence-corrected chi connectivity index (χ2v) is 6.82. The number of amides is 3. The van der Waals surface area contributed by atoms with Crippen LogP contribution >= 0.6 is 0 Å². The van der Waals surface area contributed by atoms with Gasteiger partial charge in [-0.2, -0.15) is 18.2 Å². The molecular weight excluding hydrogens is 365 g/mol. The molecular formula is C17H25F3N4O3. The van der Waals surface area contributed by atoms with Crippen LogP contribution in [0.4, 0.5) is 18.0 Å². The van der Waals surface area contributed by atoms with Crippen LogP contribution in [0.25, 0.3) is 0 Å². The van der Waals surface area contributed by atoms with Gasteiger partial charge in [-0.1, -0.05) is 13.8 Å². The first-order valence-corrected chi connectivity index (χ1v) is 8.46. The quantitative estimate of drug-likeness (QED) is 0.701. The minimum absolute atomic E-state index is 0.0409. The molecule has 0 saturated heterocycles. The Balaban J connectivity index is 2.81. The summed E-state index contributed by atoms with van der Waals surface area (Å²) in [5.74, 6) is -0.342. The van der Waals surface area contributed by atoms with Gasteiger partial charge in [0.25, 0.3) is 0 Å². The molecule has 1 heterocycles. The number of nitrogens with zero attached hydrogens (tertiary/aromatic N) is 2. The first-order valence-electron chi connectivity index (χ1n) is 8.46. The monoisotopic (exact) mass is 390 g/mol. The van der Waals surface area contributed by atoms with Crippen LogP contribution in [0.5, 0.6) is 5.75 Å². The van der Waals surface area contributed by atoms with Gasteiger partial charge in [-0.3, -0.25) is 9.78 Å². The number of hydroxylamine groups is 2. The van der Waals surface area contributed by atoms with E-state index in [2.05, 4.69) is 15.6 Å². The van der Waals surface area contributed by atoms with Crippen molar-refractivity contribution in [1.29, 1.82) is 0 Å². The number of hydrogen-bond acceptors (Lipinski definition) is 4. The van der Waals surface area contributed by atoms with E-state index in [1.54, 1.807) is 6.92 Å². The minimum Gasteiger partial charge on any atom is -0.375 e. The van der Waals surface area contributed by atoms with E-state index in [0.717, 1.165) is 11.3 Å². The van der Waals surface area contributed by atoms with Gasteiger partial charge in [-0.15, -0.1) is 0 Å². The Morgan fingerprint density at radius 3 is 2.44 bits per heavy atom. The molecule has 2 N–H and O–H groups in total. The maximum atomic E-state index is 12.7. The Kier molecular flexibility index (Phi) is 7.44. The molecule has 1 rings (SSSR count). The van der Waals surface area contributed by atoms with E-state index in [-0.39, 0.29) is 24.1 Å². The van der Waals surface area contributed by atoms with Crippen molar-refractivity contribution in [1.82, 2.24) is 20.7 Å². The van der Waals surface area contributed by atoms with Gasteiger partial charge in [0.2, 0.25) is 5.91 Å². The summed E-state index contributed by atoms with van der Waals surface area (Å²) < 4.78 is 38.2. The zero-order valence-corrected chi connectivity index (χ0v) is 16.0. The highest BCUT2D eigenvalue weighted by molar-refractivity contribution is 5.90. The maximum absolute atomic E-state index is 12.7. The largest absolute Gasteiger partial charge is 0.433 e. The lowest BCUT2D eigenvalue weighted by Crippen LogP contribution is -2.58. The SMILES string of the molecule is CCN(Oc1ccnc(C(F)(F)F)c1)C(=O)NC(C)(C)C(=O)NCC(C)C. The van der Waals surface area contributed by atoms with E-state index >= 15 is 0 Å².